The number of carbonyl (C=O) groups is 3. The molecule has 3 aromatic rings. The fourth-order valence-electron chi connectivity index (χ4n) is 7.52. The fourth-order valence-corrected chi connectivity index (χ4v) is 7.52. The van der Waals surface area contributed by atoms with Crippen molar-refractivity contribution in [3.05, 3.63) is 106 Å². The van der Waals surface area contributed by atoms with E-state index >= 15 is 0 Å². The van der Waals surface area contributed by atoms with Gasteiger partial charge in [-0.05, 0) is 67.0 Å². The van der Waals surface area contributed by atoms with Gasteiger partial charge < -0.3 is 29.9 Å². The van der Waals surface area contributed by atoms with Crippen LogP contribution < -0.4 is 15.4 Å². The first-order valence-corrected chi connectivity index (χ1v) is 17.7. The number of carbonyl (C=O) groups excluding carboxylic acids is 3. The van der Waals surface area contributed by atoms with Crippen LogP contribution in [-0.4, -0.2) is 84.6 Å². The number of hydrogen-bond donors (Lipinski definition) is 2. The summed E-state index contributed by atoms with van der Waals surface area (Å²) >= 11 is 0. The molecule has 0 aromatic heterocycles. The Kier molecular flexibility index (Phi) is 10.6. The zero-order chi connectivity index (χ0) is 36.4. The Morgan fingerprint density at radius 1 is 0.942 bits per heavy atom. The maximum atomic E-state index is 14.8. The predicted molar refractivity (Wildman–Crippen MR) is 183 cm³/mol. The lowest BCUT2D eigenvalue weighted by molar-refractivity contribution is -0.137. The number of piperazine rings is 1. The van der Waals surface area contributed by atoms with Crippen LogP contribution in [0.4, 0.5) is 17.6 Å². The van der Waals surface area contributed by atoms with Gasteiger partial charge in [0.05, 0.1) is 18.7 Å². The number of rotatable bonds is 13. The summed E-state index contributed by atoms with van der Waals surface area (Å²) in [7, 11) is 0. The van der Waals surface area contributed by atoms with Crippen LogP contribution in [-0.2, 0) is 32.1 Å². The second kappa shape index (κ2) is 15.5. The lowest BCUT2D eigenvalue weighted by Crippen LogP contribution is -2.63. The van der Waals surface area contributed by atoms with Gasteiger partial charge in [0.25, 0.3) is 12.4 Å². The highest BCUT2D eigenvalue weighted by molar-refractivity contribution is 6.03. The van der Waals surface area contributed by atoms with Gasteiger partial charge in [-0.2, -0.15) is 4.39 Å². The average molecular weight is 721 g/mol. The second-order valence-electron chi connectivity index (χ2n) is 13.9. The number of ether oxygens (including phenoxy) is 2. The fraction of sp³-hybridized carbons (Fsp3) is 0.410. The highest BCUT2D eigenvalue weighted by Gasteiger charge is 2.45. The zero-order valence-corrected chi connectivity index (χ0v) is 28.5. The van der Waals surface area contributed by atoms with Gasteiger partial charge in [0.1, 0.15) is 11.9 Å². The Hall–Kier alpha value is -4.75. The summed E-state index contributed by atoms with van der Waals surface area (Å²) in [5.41, 5.74) is 3.65. The molecule has 1 unspecified atom stereocenters. The van der Waals surface area contributed by atoms with Crippen LogP contribution in [0, 0.1) is 23.3 Å². The third-order valence-corrected chi connectivity index (χ3v) is 10.3. The minimum Gasteiger partial charge on any atom is -0.488 e. The van der Waals surface area contributed by atoms with E-state index in [4.69, 9.17) is 9.47 Å². The van der Waals surface area contributed by atoms with Crippen molar-refractivity contribution in [1.29, 1.82) is 0 Å². The van der Waals surface area contributed by atoms with E-state index in [1.807, 2.05) is 24.3 Å². The highest BCUT2D eigenvalue weighted by Crippen LogP contribution is 2.38. The SMILES string of the molecule is O=CO[C@H]1CNC(C(=O)N2C[C@@H]3CC(c4ccc(CCCOc5c(F)ccc(F)c5F)cc4)=C(C(=O)N(Cc4ccccc4F)C4CC4)[C@@H](C2)N3)C1. The topological polar surface area (TPSA) is 100 Å². The molecule has 1 aliphatic carbocycles. The molecule has 274 valence electrons. The molecule has 1 saturated carbocycles. The molecule has 3 fully saturated rings. The van der Waals surface area contributed by atoms with Gasteiger partial charge in [0, 0.05) is 55.8 Å². The van der Waals surface area contributed by atoms with Gasteiger partial charge in [-0.3, -0.25) is 14.4 Å². The number of nitrogens with zero attached hydrogens (tertiary/aromatic N) is 2. The van der Waals surface area contributed by atoms with Gasteiger partial charge in [0.15, 0.2) is 17.4 Å². The maximum Gasteiger partial charge on any atom is 0.293 e. The molecule has 3 aliphatic heterocycles. The minimum atomic E-state index is -1.36. The number of fused-ring (bicyclic) bond motifs is 2. The molecule has 0 spiro atoms. The quantitative estimate of drug-likeness (QED) is 0.115. The number of aryl methyl sites for hydroxylation is 1. The van der Waals surface area contributed by atoms with Crippen molar-refractivity contribution in [2.75, 3.05) is 26.2 Å². The summed E-state index contributed by atoms with van der Waals surface area (Å²) in [5, 5.41) is 6.75. The Morgan fingerprint density at radius 3 is 2.46 bits per heavy atom. The van der Waals surface area contributed by atoms with Gasteiger partial charge in [-0.1, -0.05) is 42.5 Å². The van der Waals surface area contributed by atoms with Gasteiger partial charge in [0.2, 0.25) is 11.7 Å². The number of benzene rings is 3. The lowest BCUT2D eigenvalue weighted by Gasteiger charge is -2.45. The van der Waals surface area contributed by atoms with Crippen LogP contribution in [0.5, 0.6) is 5.75 Å². The van der Waals surface area contributed by atoms with E-state index in [1.165, 1.54) is 6.07 Å². The lowest BCUT2D eigenvalue weighted by atomic mass is 9.82. The molecule has 3 aromatic carbocycles. The van der Waals surface area contributed by atoms with Crippen LogP contribution in [0.3, 0.4) is 0 Å². The van der Waals surface area contributed by atoms with Crippen molar-refractivity contribution < 1.29 is 41.4 Å². The zero-order valence-electron chi connectivity index (χ0n) is 28.5. The molecule has 4 aliphatic rings. The van der Waals surface area contributed by atoms with Crippen molar-refractivity contribution >= 4 is 23.9 Å². The first-order valence-electron chi connectivity index (χ1n) is 17.7. The summed E-state index contributed by atoms with van der Waals surface area (Å²) in [4.78, 5) is 42.8. The van der Waals surface area contributed by atoms with E-state index in [9.17, 15) is 31.9 Å². The Labute approximate surface area is 298 Å². The summed E-state index contributed by atoms with van der Waals surface area (Å²) in [6.45, 7) is 1.59. The normalized spacial score (nSPS) is 22.7. The van der Waals surface area contributed by atoms with Crippen molar-refractivity contribution in [3.8, 4) is 5.75 Å². The molecule has 2 amide bonds. The third kappa shape index (κ3) is 7.70. The molecule has 13 heteroatoms. The van der Waals surface area contributed by atoms with E-state index in [2.05, 4.69) is 10.6 Å². The van der Waals surface area contributed by atoms with E-state index < -0.39 is 35.3 Å². The molecule has 7 rings (SSSR count). The molecule has 4 atom stereocenters. The van der Waals surface area contributed by atoms with Crippen molar-refractivity contribution in [2.45, 2.75) is 75.3 Å². The van der Waals surface area contributed by atoms with Crippen LogP contribution in [0.25, 0.3) is 5.57 Å². The Morgan fingerprint density at radius 2 is 1.71 bits per heavy atom. The molecular weight excluding hydrogens is 680 g/mol. The van der Waals surface area contributed by atoms with Gasteiger partial charge in [-0.15, -0.1) is 0 Å². The monoisotopic (exact) mass is 720 g/mol. The Balaban J connectivity index is 1.12. The van der Waals surface area contributed by atoms with Crippen LogP contribution >= 0.6 is 0 Å². The first kappa shape index (κ1) is 35.6. The van der Waals surface area contributed by atoms with E-state index in [0.717, 1.165) is 35.6 Å². The predicted octanol–water partition coefficient (Wildman–Crippen LogP) is 4.68. The molecule has 9 nitrogen and oxygen atoms in total. The number of nitrogens with one attached hydrogen (secondary N) is 2. The molecular formula is C39H40F4N4O5. The standard InChI is InChI=1S/C39H40F4N4O5/c40-30-6-2-1-5-25(30)19-47(27-11-12-27)39(50)35-29(16-26-20-46(21-34(35)45-26)38(49)33-17-28(18-44-33)52-22-48)24-9-7-23(8-10-24)4-3-15-51-37-32(42)14-13-31(41)36(37)43/h1-2,5-10,13-14,22,26-28,33-34,44-45H,3-4,11-12,15-21H2/t26-,28+,33?,34+/m0/s1. The summed E-state index contributed by atoms with van der Waals surface area (Å²) in [5.74, 6) is -4.92. The van der Waals surface area contributed by atoms with Crippen molar-refractivity contribution in [1.82, 2.24) is 20.4 Å². The number of halogens is 4. The van der Waals surface area contributed by atoms with E-state index in [0.29, 0.717) is 62.4 Å². The third-order valence-electron chi connectivity index (χ3n) is 10.3. The highest BCUT2D eigenvalue weighted by atomic mass is 19.2. The van der Waals surface area contributed by atoms with E-state index in [1.54, 1.807) is 28.0 Å². The summed E-state index contributed by atoms with van der Waals surface area (Å²) < 4.78 is 66.6. The molecule has 3 heterocycles. The summed E-state index contributed by atoms with van der Waals surface area (Å²) in [6.07, 6.45) is 3.07. The minimum absolute atomic E-state index is 0.0173. The largest absolute Gasteiger partial charge is 0.488 e. The van der Waals surface area contributed by atoms with E-state index in [-0.39, 0.29) is 55.5 Å². The summed E-state index contributed by atoms with van der Waals surface area (Å²) in [6, 6.07) is 14.6. The van der Waals surface area contributed by atoms with Crippen LogP contribution in [0.15, 0.2) is 66.2 Å². The smallest absolute Gasteiger partial charge is 0.293 e. The van der Waals surface area contributed by atoms with Gasteiger partial charge >= 0.3 is 0 Å². The van der Waals surface area contributed by atoms with Crippen LogP contribution in [0.1, 0.15) is 48.8 Å². The maximum absolute atomic E-state index is 14.8. The molecule has 2 N–H and O–H groups in total. The van der Waals surface area contributed by atoms with Crippen LogP contribution in [0.2, 0.25) is 0 Å². The Bertz CT molecular complexity index is 1850. The molecule has 2 saturated heterocycles. The number of hydrogen-bond acceptors (Lipinski definition) is 7. The molecule has 2 bridgehead atoms. The molecule has 52 heavy (non-hydrogen) atoms. The van der Waals surface area contributed by atoms with Crippen molar-refractivity contribution in [3.63, 3.8) is 0 Å². The van der Waals surface area contributed by atoms with Gasteiger partial charge in [-0.25, -0.2) is 13.2 Å². The second-order valence-corrected chi connectivity index (χ2v) is 13.9. The average Bonchev–Trinajstić information content (AvgIpc) is 3.88. The van der Waals surface area contributed by atoms with Crippen molar-refractivity contribution in [2.24, 2.45) is 0 Å². The number of amides is 2. The molecule has 0 radical (unpaired) electrons. The first-order chi connectivity index (χ1) is 25.2.